The van der Waals surface area contributed by atoms with E-state index in [2.05, 4.69) is 35.9 Å². The van der Waals surface area contributed by atoms with E-state index in [1.807, 2.05) is 12.1 Å². The fraction of sp³-hybridized carbons (Fsp3) is 0.600. The normalized spacial score (nSPS) is 25.2. The Balaban J connectivity index is 2.19. The van der Waals surface area contributed by atoms with Crippen LogP contribution < -0.4 is 9.64 Å². The number of nitrogens with zero attached hydrogens (tertiary/aromatic N) is 2. The SMILES string of the molecule is COc1ccc(N2CC(CO)N(C)CCC2C)cc1. The van der Waals surface area contributed by atoms with E-state index >= 15 is 0 Å². The highest BCUT2D eigenvalue weighted by Gasteiger charge is 2.26. The van der Waals surface area contributed by atoms with Crippen molar-refractivity contribution in [3.63, 3.8) is 0 Å². The van der Waals surface area contributed by atoms with Crippen LogP contribution in [0.15, 0.2) is 24.3 Å². The molecule has 1 aliphatic heterocycles. The van der Waals surface area contributed by atoms with E-state index < -0.39 is 0 Å². The van der Waals surface area contributed by atoms with Crippen LogP contribution in [0.4, 0.5) is 5.69 Å². The van der Waals surface area contributed by atoms with Crippen LogP contribution >= 0.6 is 0 Å². The van der Waals surface area contributed by atoms with Gasteiger partial charge >= 0.3 is 0 Å². The Kier molecular flexibility index (Phi) is 4.66. The standard InChI is InChI=1S/C15H24N2O2/c1-12-8-9-16(2)14(11-18)10-17(12)13-4-6-15(19-3)7-5-13/h4-7,12,14,18H,8-11H2,1-3H3. The summed E-state index contributed by atoms with van der Waals surface area (Å²) in [5.41, 5.74) is 1.20. The van der Waals surface area contributed by atoms with Gasteiger partial charge in [-0.05, 0) is 44.7 Å². The minimum Gasteiger partial charge on any atom is -0.497 e. The molecular weight excluding hydrogens is 240 g/mol. The zero-order chi connectivity index (χ0) is 13.8. The van der Waals surface area contributed by atoms with Gasteiger partial charge in [0.15, 0.2) is 0 Å². The second kappa shape index (κ2) is 6.26. The van der Waals surface area contributed by atoms with Crippen molar-refractivity contribution in [1.29, 1.82) is 0 Å². The summed E-state index contributed by atoms with van der Waals surface area (Å²) >= 11 is 0. The summed E-state index contributed by atoms with van der Waals surface area (Å²) in [6, 6.07) is 8.85. The Morgan fingerprint density at radius 1 is 1.32 bits per heavy atom. The molecule has 0 spiro atoms. The third kappa shape index (κ3) is 3.19. The summed E-state index contributed by atoms with van der Waals surface area (Å²) in [5.74, 6) is 0.877. The second-order valence-electron chi connectivity index (χ2n) is 5.31. The minimum atomic E-state index is 0.201. The van der Waals surface area contributed by atoms with E-state index in [1.165, 1.54) is 5.69 Å². The average Bonchev–Trinajstić information content (AvgIpc) is 2.59. The molecule has 4 heteroatoms. The molecule has 1 heterocycles. The van der Waals surface area contributed by atoms with Crippen LogP contribution in [0.5, 0.6) is 5.75 Å². The predicted molar refractivity (Wildman–Crippen MR) is 77.9 cm³/mol. The molecule has 0 radical (unpaired) electrons. The molecular formula is C15H24N2O2. The maximum atomic E-state index is 9.53. The molecule has 0 bridgehead atoms. The molecule has 0 aromatic heterocycles. The van der Waals surface area contributed by atoms with Gasteiger partial charge in [-0.1, -0.05) is 0 Å². The molecule has 0 amide bonds. The third-order valence-corrected chi connectivity index (χ3v) is 4.08. The Hall–Kier alpha value is -1.26. The van der Waals surface area contributed by atoms with E-state index in [0.717, 1.165) is 25.3 Å². The van der Waals surface area contributed by atoms with Crippen LogP contribution in [0.25, 0.3) is 0 Å². The number of benzene rings is 1. The van der Waals surface area contributed by atoms with Crippen molar-refractivity contribution in [2.24, 2.45) is 0 Å². The molecule has 1 aromatic carbocycles. The lowest BCUT2D eigenvalue weighted by Gasteiger charge is -2.32. The number of aliphatic hydroxyl groups excluding tert-OH is 1. The van der Waals surface area contributed by atoms with E-state index in [1.54, 1.807) is 7.11 Å². The lowest BCUT2D eigenvalue weighted by atomic mass is 10.1. The van der Waals surface area contributed by atoms with Gasteiger partial charge in [-0.3, -0.25) is 4.90 Å². The minimum absolute atomic E-state index is 0.201. The highest BCUT2D eigenvalue weighted by atomic mass is 16.5. The molecule has 1 aromatic rings. The van der Waals surface area contributed by atoms with Crippen molar-refractivity contribution in [3.8, 4) is 5.75 Å². The summed E-state index contributed by atoms with van der Waals surface area (Å²) < 4.78 is 5.20. The fourth-order valence-corrected chi connectivity index (χ4v) is 2.61. The number of hydrogen-bond acceptors (Lipinski definition) is 4. The summed E-state index contributed by atoms with van der Waals surface area (Å²) in [6.07, 6.45) is 1.11. The molecule has 1 fully saturated rings. The van der Waals surface area contributed by atoms with Gasteiger partial charge in [0.1, 0.15) is 5.75 Å². The van der Waals surface area contributed by atoms with Gasteiger partial charge in [0.2, 0.25) is 0 Å². The number of hydrogen-bond donors (Lipinski definition) is 1. The van der Waals surface area contributed by atoms with Crippen LogP contribution in [0.3, 0.4) is 0 Å². The topological polar surface area (TPSA) is 35.9 Å². The first kappa shape index (κ1) is 14.2. The number of ether oxygens (including phenoxy) is 1. The van der Waals surface area contributed by atoms with E-state index in [-0.39, 0.29) is 12.6 Å². The summed E-state index contributed by atoms with van der Waals surface area (Å²) in [6.45, 7) is 4.34. The number of aliphatic hydroxyl groups is 1. The number of methoxy groups -OCH3 is 1. The molecule has 0 aliphatic carbocycles. The first-order chi connectivity index (χ1) is 9.15. The van der Waals surface area contributed by atoms with Crippen LogP contribution in [0.2, 0.25) is 0 Å². The number of likely N-dealkylation sites (N-methyl/N-ethyl adjacent to an activating group) is 1. The first-order valence-corrected chi connectivity index (χ1v) is 6.87. The van der Waals surface area contributed by atoms with Crippen LogP contribution in [0.1, 0.15) is 13.3 Å². The van der Waals surface area contributed by atoms with E-state index in [4.69, 9.17) is 4.74 Å². The van der Waals surface area contributed by atoms with Gasteiger partial charge in [0.25, 0.3) is 0 Å². The van der Waals surface area contributed by atoms with Gasteiger partial charge in [-0.2, -0.15) is 0 Å². The third-order valence-electron chi connectivity index (χ3n) is 4.08. The van der Waals surface area contributed by atoms with Gasteiger partial charge < -0.3 is 14.7 Å². The molecule has 1 N–H and O–H groups in total. The molecule has 2 atom stereocenters. The lowest BCUT2D eigenvalue weighted by molar-refractivity contribution is 0.159. The summed E-state index contributed by atoms with van der Waals surface area (Å²) in [4.78, 5) is 4.63. The average molecular weight is 264 g/mol. The highest BCUT2D eigenvalue weighted by molar-refractivity contribution is 5.50. The zero-order valence-electron chi connectivity index (χ0n) is 12.0. The van der Waals surface area contributed by atoms with Gasteiger partial charge in [-0.25, -0.2) is 0 Å². The Morgan fingerprint density at radius 2 is 2.00 bits per heavy atom. The van der Waals surface area contributed by atoms with E-state index in [9.17, 15) is 5.11 Å². The largest absolute Gasteiger partial charge is 0.497 e. The second-order valence-corrected chi connectivity index (χ2v) is 5.31. The van der Waals surface area contributed by atoms with Crippen molar-refractivity contribution < 1.29 is 9.84 Å². The molecule has 0 saturated carbocycles. The highest BCUT2D eigenvalue weighted by Crippen LogP contribution is 2.24. The molecule has 19 heavy (non-hydrogen) atoms. The Morgan fingerprint density at radius 3 is 2.58 bits per heavy atom. The number of anilines is 1. The maximum absolute atomic E-state index is 9.53. The molecule has 2 unspecified atom stereocenters. The van der Waals surface area contributed by atoms with Crippen molar-refractivity contribution >= 4 is 5.69 Å². The zero-order valence-corrected chi connectivity index (χ0v) is 12.0. The van der Waals surface area contributed by atoms with Crippen molar-refractivity contribution in [3.05, 3.63) is 24.3 Å². The van der Waals surface area contributed by atoms with Gasteiger partial charge in [0, 0.05) is 30.9 Å². The van der Waals surface area contributed by atoms with Crippen LogP contribution in [-0.2, 0) is 0 Å². The van der Waals surface area contributed by atoms with Gasteiger partial charge in [0.05, 0.1) is 13.7 Å². The first-order valence-electron chi connectivity index (χ1n) is 6.87. The summed E-state index contributed by atoms with van der Waals surface area (Å²) in [7, 11) is 3.77. The fourth-order valence-electron chi connectivity index (χ4n) is 2.61. The monoisotopic (exact) mass is 264 g/mol. The summed E-state index contributed by atoms with van der Waals surface area (Å²) in [5, 5.41) is 9.53. The Labute approximate surface area is 115 Å². The smallest absolute Gasteiger partial charge is 0.119 e. The quantitative estimate of drug-likeness (QED) is 0.899. The maximum Gasteiger partial charge on any atom is 0.119 e. The van der Waals surface area contributed by atoms with Crippen LogP contribution in [-0.4, -0.2) is 55.9 Å². The van der Waals surface area contributed by atoms with Crippen molar-refractivity contribution in [2.75, 3.05) is 38.8 Å². The van der Waals surface area contributed by atoms with Crippen molar-refractivity contribution in [2.45, 2.75) is 25.4 Å². The number of rotatable bonds is 3. The molecule has 4 nitrogen and oxygen atoms in total. The molecule has 2 rings (SSSR count). The van der Waals surface area contributed by atoms with Crippen LogP contribution in [0, 0.1) is 0 Å². The molecule has 106 valence electrons. The molecule has 1 aliphatic rings. The molecule has 1 saturated heterocycles. The van der Waals surface area contributed by atoms with Crippen molar-refractivity contribution in [1.82, 2.24) is 4.90 Å². The van der Waals surface area contributed by atoms with Gasteiger partial charge in [-0.15, -0.1) is 0 Å². The van der Waals surface area contributed by atoms with E-state index in [0.29, 0.717) is 6.04 Å². The Bertz CT molecular complexity index is 394. The predicted octanol–water partition coefficient (Wildman–Crippen LogP) is 1.59. The lowest BCUT2D eigenvalue weighted by Crippen LogP contribution is -2.43.